The maximum Gasteiger partial charge on any atom is 0.419 e. The van der Waals surface area contributed by atoms with Crippen LogP contribution in [0.1, 0.15) is 57.6 Å². The van der Waals surface area contributed by atoms with E-state index in [0.717, 1.165) is 35.0 Å². The van der Waals surface area contributed by atoms with Gasteiger partial charge in [-0.25, -0.2) is 9.59 Å². The van der Waals surface area contributed by atoms with Crippen LogP contribution in [-0.2, 0) is 16.0 Å². The van der Waals surface area contributed by atoms with Crippen molar-refractivity contribution in [3.05, 3.63) is 48.2 Å². The molecule has 3 atom stereocenters. The van der Waals surface area contributed by atoms with Crippen LogP contribution in [0, 0.1) is 5.92 Å². The van der Waals surface area contributed by atoms with Crippen LogP contribution in [0.25, 0.3) is 10.9 Å². The van der Waals surface area contributed by atoms with Crippen molar-refractivity contribution in [2.24, 2.45) is 5.92 Å². The van der Waals surface area contributed by atoms with Gasteiger partial charge in [-0.2, -0.15) is 0 Å². The molecule has 1 aromatic carbocycles. The second-order valence-corrected chi connectivity index (χ2v) is 12.3. The van der Waals surface area contributed by atoms with Gasteiger partial charge in [0.15, 0.2) is 0 Å². The van der Waals surface area contributed by atoms with Gasteiger partial charge in [0.25, 0.3) is 0 Å². The van der Waals surface area contributed by atoms with Crippen LogP contribution in [0.2, 0.25) is 0 Å². The Kier molecular flexibility index (Phi) is 9.05. The summed E-state index contributed by atoms with van der Waals surface area (Å²) in [5.74, 6) is -0.361. The van der Waals surface area contributed by atoms with Gasteiger partial charge in [0.05, 0.1) is 11.4 Å². The third-order valence-corrected chi connectivity index (χ3v) is 7.82. The highest BCUT2D eigenvalue weighted by Gasteiger charge is 2.44. The van der Waals surface area contributed by atoms with E-state index in [1.165, 1.54) is 4.90 Å². The maximum absolute atomic E-state index is 14.0. The van der Waals surface area contributed by atoms with Crippen LogP contribution in [-0.4, -0.2) is 95.8 Å². The Morgan fingerprint density at radius 3 is 2.60 bits per heavy atom. The number of likely N-dealkylation sites (tertiary alicyclic amines) is 1. The van der Waals surface area contributed by atoms with Gasteiger partial charge < -0.3 is 15.0 Å². The number of amides is 3. The number of aromatic nitrogens is 1. The van der Waals surface area contributed by atoms with E-state index in [2.05, 4.69) is 27.8 Å². The van der Waals surface area contributed by atoms with E-state index in [4.69, 9.17) is 4.74 Å². The van der Waals surface area contributed by atoms with E-state index in [0.29, 0.717) is 39.0 Å². The van der Waals surface area contributed by atoms with Crippen LogP contribution in [0.5, 0.6) is 0 Å². The fraction of sp³-hybridized carbons (Fsp3) is 0.581. The summed E-state index contributed by atoms with van der Waals surface area (Å²) >= 11 is 0. The quantitative estimate of drug-likeness (QED) is 0.488. The van der Waals surface area contributed by atoms with Crippen LogP contribution in [0.3, 0.4) is 0 Å². The Morgan fingerprint density at radius 1 is 1.20 bits per heavy atom. The zero-order valence-electron chi connectivity index (χ0n) is 24.9. The zero-order valence-corrected chi connectivity index (χ0v) is 24.9. The predicted molar refractivity (Wildman–Crippen MR) is 158 cm³/mol. The molecule has 2 aromatic rings. The van der Waals surface area contributed by atoms with Crippen molar-refractivity contribution < 1.29 is 19.1 Å². The molecule has 40 heavy (non-hydrogen) atoms. The highest BCUT2D eigenvalue weighted by atomic mass is 16.6. The number of ether oxygens (including phenoxy) is 1. The molecule has 9 nitrogen and oxygen atoms in total. The largest absolute Gasteiger partial charge is 0.443 e. The molecule has 1 fully saturated rings. The Balaban J connectivity index is 1.68. The van der Waals surface area contributed by atoms with E-state index < -0.39 is 11.7 Å². The fourth-order valence-corrected chi connectivity index (χ4v) is 6.24. The molecule has 1 N–H and O–H groups in total. The number of carbonyl (C=O) groups is 3. The smallest absolute Gasteiger partial charge is 0.419 e. The number of imide groups is 1. The predicted octanol–water partition coefficient (Wildman–Crippen LogP) is 4.45. The molecule has 2 aliphatic rings. The minimum absolute atomic E-state index is 0.0891. The van der Waals surface area contributed by atoms with Gasteiger partial charge in [-0.1, -0.05) is 18.2 Å². The number of urea groups is 1. The fourth-order valence-electron chi connectivity index (χ4n) is 6.24. The van der Waals surface area contributed by atoms with Crippen molar-refractivity contribution in [1.29, 1.82) is 0 Å². The van der Waals surface area contributed by atoms with Gasteiger partial charge in [-0.05, 0) is 84.8 Å². The van der Waals surface area contributed by atoms with E-state index in [-0.39, 0.29) is 29.8 Å². The van der Waals surface area contributed by atoms with Gasteiger partial charge in [0, 0.05) is 49.7 Å². The Labute approximate surface area is 238 Å². The first kappa shape index (κ1) is 29.8. The third kappa shape index (κ3) is 6.25. The summed E-state index contributed by atoms with van der Waals surface area (Å²) in [5.41, 5.74) is 2.49. The molecule has 218 valence electrons. The molecular weight excluding hydrogens is 506 g/mol. The monoisotopic (exact) mass is 551 g/mol. The third-order valence-electron chi connectivity index (χ3n) is 7.82. The second kappa shape index (κ2) is 12.1. The standard InChI is InChI=1S/C31H45N5O4/c1-8-14-34-19-22(28(37)35(29(38)32-9-2)16-11-15-33(6)7)17-24-23-12-10-13-25-27(23)21(18-26(24)34)20-36(25)30(39)40-31(3,4)5/h8,10,12-13,20,22,24,26H,1,9,11,14-19H2,2-7H3,(H,32,38)/t22-,24-,26-/m1/s1. The molecule has 4 rings (SSSR count). The van der Waals surface area contributed by atoms with Crippen molar-refractivity contribution in [1.82, 2.24) is 24.6 Å². The molecule has 0 saturated carbocycles. The molecule has 9 heteroatoms. The van der Waals surface area contributed by atoms with Crippen molar-refractivity contribution in [3.8, 4) is 0 Å². The van der Waals surface area contributed by atoms with Crippen molar-refractivity contribution >= 4 is 28.9 Å². The lowest BCUT2D eigenvalue weighted by Crippen LogP contribution is -2.55. The molecule has 3 amide bonds. The maximum atomic E-state index is 14.0. The van der Waals surface area contributed by atoms with E-state index >= 15 is 0 Å². The molecule has 1 aliphatic heterocycles. The van der Waals surface area contributed by atoms with Crippen LogP contribution in [0.15, 0.2) is 37.1 Å². The van der Waals surface area contributed by atoms with Gasteiger partial charge in [0.2, 0.25) is 5.91 Å². The number of benzene rings is 1. The molecule has 1 saturated heterocycles. The molecular formula is C31H45N5O4. The minimum Gasteiger partial charge on any atom is -0.443 e. The van der Waals surface area contributed by atoms with E-state index in [9.17, 15) is 14.4 Å². The minimum atomic E-state index is -0.601. The van der Waals surface area contributed by atoms with E-state index in [1.807, 2.05) is 66.2 Å². The summed E-state index contributed by atoms with van der Waals surface area (Å²) in [4.78, 5) is 45.8. The highest BCUT2D eigenvalue weighted by Crippen LogP contribution is 2.45. The second-order valence-electron chi connectivity index (χ2n) is 12.3. The molecule has 1 aromatic heterocycles. The van der Waals surface area contributed by atoms with Crippen molar-refractivity contribution in [2.75, 3.05) is 46.8 Å². The summed E-state index contributed by atoms with van der Waals surface area (Å²) in [6, 6.07) is 5.91. The summed E-state index contributed by atoms with van der Waals surface area (Å²) in [7, 11) is 3.97. The number of carbonyl (C=O) groups excluding carboxylic acids is 3. The number of fused-ring (bicyclic) bond motifs is 2. The van der Waals surface area contributed by atoms with Crippen molar-refractivity contribution in [2.45, 2.75) is 64.5 Å². The number of nitrogens with zero attached hydrogens (tertiary/aromatic N) is 4. The van der Waals surface area contributed by atoms with Gasteiger partial charge >= 0.3 is 12.1 Å². The molecule has 0 bridgehead atoms. The van der Waals surface area contributed by atoms with Gasteiger partial charge in [0.1, 0.15) is 5.60 Å². The Bertz CT molecular complexity index is 1260. The summed E-state index contributed by atoms with van der Waals surface area (Å²) < 4.78 is 7.33. The van der Waals surface area contributed by atoms with Gasteiger partial charge in [-0.3, -0.25) is 19.2 Å². The lowest BCUT2D eigenvalue weighted by molar-refractivity contribution is -0.135. The first-order valence-electron chi connectivity index (χ1n) is 14.4. The number of nitrogens with one attached hydrogen (secondary N) is 1. The molecule has 1 aliphatic carbocycles. The normalized spacial score (nSPS) is 20.7. The van der Waals surface area contributed by atoms with Gasteiger partial charge in [-0.15, -0.1) is 6.58 Å². The number of hydrogen-bond donors (Lipinski definition) is 1. The number of rotatable bonds is 8. The van der Waals surface area contributed by atoms with E-state index in [1.54, 1.807) is 4.57 Å². The Morgan fingerprint density at radius 2 is 1.95 bits per heavy atom. The lowest BCUT2D eigenvalue weighted by Gasteiger charge is -2.47. The highest BCUT2D eigenvalue weighted by molar-refractivity contribution is 5.97. The van der Waals surface area contributed by atoms with Crippen LogP contribution >= 0.6 is 0 Å². The summed E-state index contributed by atoms with van der Waals surface area (Å²) in [6.45, 7) is 14.3. The molecule has 2 heterocycles. The first-order chi connectivity index (χ1) is 18.9. The number of hydrogen-bond acceptors (Lipinski definition) is 6. The molecule has 0 unspecified atom stereocenters. The average molecular weight is 552 g/mol. The summed E-state index contributed by atoms with van der Waals surface area (Å²) in [6.07, 6.45) is 5.54. The van der Waals surface area contributed by atoms with Crippen LogP contribution < -0.4 is 5.32 Å². The molecule has 0 radical (unpaired) electrons. The summed E-state index contributed by atoms with van der Waals surface area (Å²) in [5, 5.41) is 3.91. The SMILES string of the molecule is C=CCN1C[C@H](C(=O)N(CCCN(C)C)C(=O)NCC)C[C@@H]2c3cccc4c3c(cn4C(=O)OC(C)(C)C)C[C@H]21. The molecule has 0 spiro atoms. The zero-order chi connectivity index (χ0) is 29.2. The Hall–Kier alpha value is -3.17. The van der Waals surface area contributed by atoms with Crippen molar-refractivity contribution in [3.63, 3.8) is 0 Å². The first-order valence-corrected chi connectivity index (χ1v) is 14.4. The van der Waals surface area contributed by atoms with Crippen LogP contribution in [0.4, 0.5) is 9.59 Å². The lowest BCUT2D eigenvalue weighted by atomic mass is 9.72. The topological polar surface area (TPSA) is 87.1 Å². The average Bonchev–Trinajstić information content (AvgIpc) is 3.25. The number of piperidine rings is 1.